The highest BCUT2D eigenvalue weighted by molar-refractivity contribution is 5.92. The average molecular weight is 284 g/mol. The van der Waals surface area contributed by atoms with Crippen LogP contribution in [0.1, 0.15) is 35.8 Å². The van der Waals surface area contributed by atoms with Crippen LogP contribution in [0.5, 0.6) is 0 Å². The number of carbonyl (C=O) groups is 1. The average Bonchev–Trinajstić information content (AvgIpc) is 3.26. The van der Waals surface area contributed by atoms with Crippen LogP contribution >= 0.6 is 0 Å². The van der Waals surface area contributed by atoms with Crippen molar-refractivity contribution >= 4 is 5.91 Å². The fourth-order valence-corrected chi connectivity index (χ4v) is 2.50. The Hall–Kier alpha value is -2.17. The van der Waals surface area contributed by atoms with Gasteiger partial charge in [0.1, 0.15) is 0 Å². The zero-order chi connectivity index (χ0) is 14.8. The van der Waals surface area contributed by atoms with E-state index < -0.39 is 0 Å². The molecule has 0 bridgehead atoms. The highest BCUT2D eigenvalue weighted by atomic mass is 16.2. The van der Waals surface area contributed by atoms with Crippen LogP contribution in [0.2, 0.25) is 0 Å². The molecule has 1 aromatic heterocycles. The summed E-state index contributed by atoms with van der Waals surface area (Å²) in [5.74, 6) is 0.604. The fourth-order valence-electron chi connectivity index (χ4n) is 2.50. The minimum Gasteiger partial charge on any atom is -0.337 e. The summed E-state index contributed by atoms with van der Waals surface area (Å²) in [6, 6.07) is 10.3. The molecule has 0 spiro atoms. The molecule has 1 atom stereocenters. The van der Waals surface area contributed by atoms with Gasteiger partial charge in [-0.15, -0.1) is 5.10 Å². The summed E-state index contributed by atoms with van der Waals surface area (Å²) >= 11 is 0. The molecule has 1 amide bonds. The Morgan fingerprint density at radius 1 is 1.38 bits per heavy atom. The van der Waals surface area contributed by atoms with E-state index in [4.69, 9.17) is 0 Å². The maximum absolute atomic E-state index is 12.4. The van der Waals surface area contributed by atoms with Crippen LogP contribution in [-0.4, -0.2) is 38.9 Å². The van der Waals surface area contributed by atoms with Gasteiger partial charge in [0, 0.05) is 13.1 Å². The third kappa shape index (κ3) is 3.12. The van der Waals surface area contributed by atoms with Crippen molar-refractivity contribution in [3.63, 3.8) is 0 Å². The Bertz CT molecular complexity index is 618. The topological polar surface area (TPSA) is 51.0 Å². The van der Waals surface area contributed by atoms with E-state index in [1.165, 1.54) is 12.8 Å². The Morgan fingerprint density at radius 2 is 2.10 bits per heavy atom. The molecule has 1 aromatic carbocycles. The second-order valence-corrected chi connectivity index (χ2v) is 5.78. The highest BCUT2D eigenvalue weighted by Crippen LogP contribution is 2.34. The normalized spacial score (nSPS) is 15.7. The van der Waals surface area contributed by atoms with Gasteiger partial charge in [-0.2, -0.15) is 0 Å². The van der Waals surface area contributed by atoms with Crippen LogP contribution in [0, 0.1) is 5.92 Å². The zero-order valence-corrected chi connectivity index (χ0v) is 12.4. The summed E-state index contributed by atoms with van der Waals surface area (Å²) in [7, 11) is 1.85. The van der Waals surface area contributed by atoms with E-state index in [1.54, 1.807) is 15.8 Å². The third-order valence-corrected chi connectivity index (χ3v) is 4.18. The summed E-state index contributed by atoms with van der Waals surface area (Å²) < 4.78 is 1.71. The van der Waals surface area contributed by atoms with Crippen LogP contribution in [-0.2, 0) is 6.54 Å². The van der Waals surface area contributed by atoms with Crippen LogP contribution in [0.15, 0.2) is 36.5 Å². The minimum absolute atomic E-state index is 0.0475. The molecule has 3 rings (SSSR count). The molecule has 0 N–H and O–H groups in total. The molecule has 1 heterocycles. The van der Waals surface area contributed by atoms with Crippen molar-refractivity contribution in [1.29, 1.82) is 0 Å². The van der Waals surface area contributed by atoms with Crippen LogP contribution in [0.25, 0.3) is 0 Å². The standard InChI is InChI=1S/C16H20N4O/c1-12(14-8-9-14)19(2)16(21)15-11-20(18-17-15)10-13-6-4-3-5-7-13/h3-7,11-12,14H,8-10H2,1-2H3. The first kappa shape index (κ1) is 13.8. The van der Waals surface area contributed by atoms with Crippen molar-refractivity contribution in [2.75, 3.05) is 7.05 Å². The molecule has 110 valence electrons. The van der Waals surface area contributed by atoms with Crippen LogP contribution < -0.4 is 0 Å². The van der Waals surface area contributed by atoms with Gasteiger partial charge in [-0.1, -0.05) is 35.5 Å². The van der Waals surface area contributed by atoms with Gasteiger partial charge >= 0.3 is 0 Å². The molecule has 1 aliphatic carbocycles. The molecule has 1 unspecified atom stereocenters. The molecule has 0 aliphatic heterocycles. The van der Waals surface area contributed by atoms with Gasteiger partial charge in [0.15, 0.2) is 5.69 Å². The molecule has 0 radical (unpaired) electrons. The molecule has 1 aliphatic rings. The fraction of sp³-hybridized carbons (Fsp3) is 0.438. The Kier molecular flexibility index (Phi) is 3.73. The van der Waals surface area contributed by atoms with Crippen molar-refractivity contribution in [3.8, 4) is 0 Å². The molecule has 1 fully saturated rings. The van der Waals surface area contributed by atoms with Gasteiger partial charge < -0.3 is 4.90 Å². The van der Waals surface area contributed by atoms with Gasteiger partial charge in [0.2, 0.25) is 0 Å². The van der Waals surface area contributed by atoms with Gasteiger partial charge in [-0.05, 0) is 31.2 Å². The van der Waals surface area contributed by atoms with Gasteiger partial charge in [-0.25, -0.2) is 4.68 Å². The van der Waals surface area contributed by atoms with E-state index in [2.05, 4.69) is 17.2 Å². The predicted octanol–water partition coefficient (Wildman–Crippen LogP) is 2.20. The molecule has 5 heteroatoms. The SMILES string of the molecule is CC(C1CC1)N(C)C(=O)c1cn(Cc2ccccc2)nn1. The lowest BCUT2D eigenvalue weighted by Crippen LogP contribution is -2.36. The van der Waals surface area contributed by atoms with Crippen molar-refractivity contribution in [2.45, 2.75) is 32.4 Å². The summed E-state index contributed by atoms with van der Waals surface area (Å²) in [5.41, 5.74) is 1.56. The Labute approximate surface area is 124 Å². The lowest BCUT2D eigenvalue weighted by Gasteiger charge is -2.23. The maximum Gasteiger partial charge on any atom is 0.276 e. The Morgan fingerprint density at radius 3 is 2.76 bits per heavy atom. The summed E-state index contributed by atoms with van der Waals surface area (Å²) in [6.07, 6.45) is 4.17. The summed E-state index contributed by atoms with van der Waals surface area (Å²) in [5, 5.41) is 8.07. The van der Waals surface area contributed by atoms with Gasteiger partial charge in [0.25, 0.3) is 5.91 Å². The van der Waals surface area contributed by atoms with E-state index in [9.17, 15) is 4.79 Å². The lowest BCUT2D eigenvalue weighted by molar-refractivity contribution is 0.0721. The highest BCUT2D eigenvalue weighted by Gasteiger charge is 2.33. The molecular weight excluding hydrogens is 264 g/mol. The lowest BCUT2D eigenvalue weighted by atomic mass is 10.2. The van der Waals surface area contributed by atoms with Crippen molar-refractivity contribution in [2.24, 2.45) is 5.92 Å². The third-order valence-electron chi connectivity index (χ3n) is 4.18. The summed E-state index contributed by atoms with van der Waals surface area (Å²) in [6.45, 7) is 2.73. The smallest absolute Gasteiger partial charge is 0.276 e. The van der Waals surface area contributed by atoms with E-state index >= 15 is 0 Å². The molecule has 1 saturated carbocycles. The number of hydrogen-bond acceptors (Lipinski definition) is 3. The number of benzene rings is 1. The monoisotopic (exact) mass is 284 g/mol. The first-order valence-electron chi connectivity index (χ1n) is 7.36. The van der Waals surface area contributed by atoms with E-state index in [1.807, 2.05) is 37.4 Å². The number of aromatic nitrogens is 3. The largest absolute Gasteiger partial charge is 0.337 e. The molecule has 2 aromatic rings. The molecular formula is C16H20N4O. The number of amides is 1. The number of nitrogens with zero attached hydrogens (tertiary/aromatic N) is 4. The molecule has 21 heavy (non-hydrogen) atoms. The number of hydrogen-bond donors (Lipinski definition) is 0. The summed E-state index contributed by atoms with van der Waals surface area (Å²) in [4.78, 5) is 14.2. The minimum atomic E-state index is -0.0475. The predicted molar refractivity (Wildman–Crippen MR) is 79.8 cm³/mol. The van der Waals surface area contributed by atoms with Crippen molar-refractivity contribution in [1.82, 2.24) is 19.9 Å². The van der Waals surface area contributed by atoms with E-state index in [0.29, 0.717) is 18.2 Å². The maximum atomic E-state index is 12.4. The van der Waals surface area contributed by atoms with Gasteiger partial charge in [0.05, 0.1) is 12.7 Å². The number of rotatable bonds is 5. The van der Waals surface area contributed by atoms with Crippen molar-refractivity contribution in [3.05, 3.63) is 47.8 Å². The Balaban J connectivity index is 1.68. The quantitative estimate of drug-likeness (QED) is 0.845. The van der Waals surface area contributed by atoms with Crippen LogP contribution in [0.3, 0.4) is 0 Å². The van der Waals surface area contributed by atoms with Crippen LogP contribution in [0.4, 0.5) is 0 Å². The van der Waals surface area contributed by atoms with Crippen molar-refractivity contribution < 1.29 is 4.79 Å². The van der Waals surface area contributed by atoms with Gasteiger partial charge in [-0.3, -0.25) is 4.79 Å². The van der Waals surface area contributed by atoms with E-state index in [-0.39, 0.29) is 11.9 Å². The second-order valence-electron chi connectivity index (χ2n) is 5.78. The first-order valence-corrected chi connectivity index (χ1v) is 7.36. The number of carbonyl (C=O) groups excluding carboxylic acids is 1. The first-order chi connectivity index (χ1) is 10.1. The van der Waals surface area contributed by atoms with E-state index in [0.717, 1.165) is 5.56 Å². The molecule has 0 saturated heterocycles. The molecule has 5 nitrogen and oxygen atoms in total. The second kappa shape index (κ2) is 5.68. The zero-order valence-electron chi connectivity index (χ0n) is 12.4.